The van der Waals surface area contributed by atoms with Crippen LogP contribution in [0.25, 0.3) is 35.6 Å². The predicted molar refractivity (Wildman–Crippen MR) is 221 cm³/mol. The van der Waals surface area contributed by atoms with Gasteiger partial charge < -0.3 is 34.8 Å². The summed E-state index contributed by atoms with van der Waals surface area (Å²) in [7, 11) is 1.36. The van der Waals surface area contributed by atoms with Gasteiger partial charge in [-0.05, 0) is 104 Å². The third-order valence-electron chi connectivity index (χ3n) is 13.0. The Hall–Kier alpha value is -4.66. The van der Waals surface area contributed by atoms with E-state index in [4.69, 9.17) is 9.47 Å². The lowest BCUT2D eigenvalue weighted by Gasteiger charge is -2.26. The van der Waals surface area contributed by atoms with Gasteiger partial charge in [-0.25, -0.2) is 0 Å². The highest BCUT2D eigenvalue weighted by Gasteiger charge is 2.47. The standard InChI is InChI=1S/C46H62N4O5/c1-11-24(4)15-14-16-25(5)19-20-55-39(51)18-17-32-28(8)35-21-33-26(6)30(12-2)37(47-33)22-34-27(7)31(13-3)38(48-34)23-36-29(9)40-44(50-36)41(43(32)49-35)42(45(40)52)46(53)54-10/h12,21-25,28,32,42-43,47-50,52H,2,11,13-20H2,1,3-10H3/b34-22-,35-21-,38-23-/t24-,25-,28+,32+,42-,43?/m1/s1. The fourth-order valence-corrected chi connectivity index (χ4v) is 9.17. The molecule has 5 N–H and O–H groups in total. The van der Waals surface area contributed by atoms with Crippen LogP contribution in [-0.2, 0) is 25.5 Å². The lowest BCUT2D eigenvalue weighted by Crippen LogP contribution is -2.38. The number of nitrogens with one attached hydrogen (secondary N) is 4. The van der Waals surface area contributed by atoms with Crippen LogP contribution in [0.1, 0.15) is 124 Å². The summed E-state index contributed by atoms with van der Waals surface area (Å²) in [5.41, 5.74) is 9.85. The van der Waals surface area contributed by atoms with Crippen molar-refractivity contribution in [2.45, 2.75) is 113 Å². The molecule has 0 spiro atoms. The van der Waals surface area contributed by atoms with E-state index in [1.54, 1.807) is 0 Å². The molecule has 296 valence electrons. The zero-order valence-electron chi connectivity index (χ0n) is 34.4. The lowest BCUT2D eigenvalue weighted by molar-refractivity contribution is -0.144. The number of aliphatic hydroxyl groups is 1. The van der Waals surface area contributed by atoms with E-state index in [2.05, 4.69) is 93.5 Å². The molecule has 0 aromatic carbocycles. The Bertz CT molecular complexity index is 2250. The van der Waals surface area contributed by atoms with E-state index in [1.807, 2.05) is 13.0 Å². The van der Waals surface area contributed by atoms with Crippen molar-refractivity contribution in [1.29, 1.82) is 0 Å². The van der Waals surface area contributed by atoms with Gasteiger partial charge in [0.15, 0.2) is 0 Å². The molecule has 9 heteroatoms. The first-order chi connectivity index (χ1) is 26.3. The maximum Gasteiger partial charge on any atom is 0.320 e. The van der Waals surface area contributed by atoms with Gasteiger partial charge in [0.05, 0.1) is 25.1 Å². The van der Waals surface area contributed by atoms with E-state index in [1.165, 1.54) is 37.5 Å². The van der Waals surface area contributed by atoms with Crippen molar-refractivity contribution in [2.24, 2.45) is 29.6 Å². The first-order valence-electron chi connectivity index (χ1n) is 20.5. The molecule has 1 saturated heterocycles. The number of fused-ring (bicyclic) bond motifs is 8. The van der Waals surface area contributed by atoms with Gasteiger partial charge in [-0.2, -0.15) is 0 Å². The fourth-order valence-electron chi connectivity index (χ4n) is 9.17. The van der Waals surface area contributed by atoms with E-state index >= 15 is 0 Å². The van der Waals surface area contributed by atoms with Gasteiger partial charge in [-0.3, -0.25) is 9.59 Å². The summed E-state index contributed by atoms with van der Waals surface area (Å²) >= 11 is 0. The van der Waals surface area contributed by atoms with Crippen molar-refractivity contribution < 1.29 is 24.2 Å². The monoisotopic (exact) mass is 750 g/mol. The molecule has 1 fully saturated rings. The largest absolute Gasteiger partial charge is 0.510 e. The van der Waals surface area contributed by atoms with Crippen LogP contribution in [0.15, 0.2) is 12.3 Å². The summed E-state index contributed by atoms with van der Waals surface area (Å²) in [5, 5.41) is 19.1. The van der Waals surface area contributed by atoms with E-state index in [0.29, 0.717) is 24.2 Å². The quantitative estimate of drug-likeness (QED) is 0.124. The number of aromatic amines is 3. The molecule has 9 nitrogen and oxygen atoms in total. The number of esters is 2. The average Bonchev–Trinajstić information content (AvgIpc) is 3.90. The second-order valence-corrected chi connectivity index (χ2v) is 16.4. The Labute approximate surface area is 325 Å². The van der Waals surface area contributed by atoms with Crippen molar-refractivity contribution in [3.05, 3.63) is 78.4 Å². The minimum atomic E-state index is -0.982. The van der Waals surface area contributed by atoms with Gasteiger partial charge in [0.25, 0.3) is 0 Å². The number of aromatic nitrogens is 3. The maximum absolute atomic E-state index is 13.6. The number of H-pyrrole nitrogens is 3. The number of carbonyl (C=O) groups is 2. The Morgan fingerprint density at radius 2 is 1.64 bits per heavy atom. The third kappa shape index (κ3) is 7.64. The van der Waals surface area contributed by atoms with Crippen LogP contribution in [0.2, 0.25) is 0 Å². The molecule has 1 unspecified atom stereocenters. The first kappa shape index (κ1) is 40.0. The number of hydrogen-bond donors (Lipinski definition) is 5. The number of hydrogen-bond acceptors (Lipinski definition) is 6. The molecule has 1 aliphatic carbocycles. The van der Waals surface area contributed by atoms with E-state index < -0.39 is 11.9 Å². The van der Waals surface area contributed by atoms with E-state index in [9.17, 15) is 14.7 Å². The first-order valence-corrected chi connectivity index (χ1v) is 20.5. The van der Waals surface area contributed by atoms with Crippen LogP contribution in [0.5, 0.6) is 0 Å². The third-order valence-corrected chi connectivity index (χ3v) is 13.0. The Morgan fingerprint density at radius 3 is 2.33 bits per heavy atom. The van der Waals surface area contributed by atoms with Crippen LogP contribution in [-0.4, -0.2) is 51.8 Å². The molecule has 6 atom stereocenters. The summed E-state index contributed by atoms with van der Waals surface area (Å²) in [6.07, 6.45) is 15.6. The Kier molecular flexibility index (Phi) is 12.1. The van der Waals surface area contributed by atoms with E-state index in [-0.39, 0.29) is 36.0 Å². The zero-order valence-corrected chi connectivity index (χ0v) is 34.4. The van der Waals surface area contributed by atoms with Crippen LogP contribution >= 0.6 is 0 Å². The predicted octanol–water partition coefficient (Wildman–Crippen LogP) is 6.22. The van der Waals surface area contributed by atoms with Crippen molar-refractivity contribution in [1.82, 2.24) is 20.3 Å². The van der Waals surface area contributed by atoms with Gasteiger partial charge in [-0.1, -0.05) is 73.0 Å². The summed E-state index contributed by atoms with van der Waals surface area (Å²) in [6.45, 7) is 21.9. The topological polar surface area (TPSA) is 132 Å². The van der Waals surface area contributed by atoms with Crippen molar-refractivity contribution in [3.8, 4) is 0 Å². The molecular weight excluding hydrogens is 689 g/mol. The molecule has 5 heterocycles. The molecule has 3 aromatic rings. The average molecular weight is 751 g/mol. The minimum absolute atomic E-state index is 0.0115. The van der Waals surface area contributed by atoms with Gasteiger partial charge in [-0.15, -0.1) is 0 Å². The second-order valence-electron chi connectivity index (χ2n) is 16.4. The molecule has 3 aliphatic rings. The van der Waals surface area contributed by atoms with Gasteiger partial charge in [0.1, 0.15) is 11.7 Å². The normalized spacial score (nSPS) is 23.2. The van der Waals surface area contributed by atoms with Crippen LogP contribution in [0.4, 0.5) is 0 Å². The smallest absolute Gasteiger partial charge is 0.320 e. The van der Waals surface area contributed by atoms with Crippen molar-refractivity contribution in [2.75, 3.05) is 13.7 Å². The highest BCUT2D eigenvalue weighted by atomic mass is 16.5. The summed E-state index contributed by atoms with van der Waals surface area (Å²) in [5.74, 6) is -0.572. The molecule has 2 aliphatic heterocycles. The number of carbonyl (C=O) groups excluding carboxylic acids is 2. The van der Waals surface area contributed by atoms with Crippen LogP contribution < -0.4 is 26.6 Å². The Morgan fingerprint density at radius 1 is 0.927 bits per heavy atom. The zero-order chi connectivity index (χ0) is 39.7. The molecule has 0 radical (unpaired) electrons. The molecule has 0 amide bonds. The molecule has 8 bridgehead atoms. The minimum Gasteiger partial charge on any atom is -0.510 e. The maximum atomic E-state index is 13.6. The summed E-state index contributed by atoms with van der Waals surface area (Å²) < 4.78 is 11.1. The number of aliphatic hydroxyl groups excluding tert-OH is 1. The van der Waals surface area contributed by atoms with Gasteiger partial charge in [0, 0.05) is 56.6 Å². The highest BCUT2D eigenvalue weighted by molar-refractivity contribution is 5.95. The summed E-state index contributed by atoms with van der Waals surface area (Å²) in [4.78, 5) is 37.9. The molecular formula is C46H62N4O5. The highest BCUT2D eigenvalue weighted by Crippen LogP contribution is 2.42. The number of ether oxygens (including phenoxy) is 2. The van der Waals surface area contributed by atoms with Crippen molar-refractivity contribution >= 4 is 47.6 Å². The fraction of sp³-hybridized carbons (Fsp3) is 0.522. The van der Waals surface area contributed by atoms with Gasteiger partial charge in [0.2, 0.25) is 0 Å². The number of allylic oxidation sites excluding steroid dienone is 1. The molecule has 3 aromatic heterocycles. The Balaban J connectivity index is 1.42. The second kappa shape index (κ2) is 16.6. The molecule has 55 heavy (non-hydrogen) atoms. The summed E-state index contributed by atoms with van der Waals surface area (Å²) in [6, 6.07) is -0.378. The molecule has 6 rings (SSSR count). The van der Waals surface area contributed by atoms with E-state index in [0.717, 1.165) is 86.3 Å². The van der Waals surface area contributed by atoms with Crippen LogP contribution in [0.3, 0.4) is 0 Å². The van der Waals surface area contributed by atoms with Crippen molar-refractivity contribution in [3.63, 3.8) is 0 Å². The number of methoxy groups -OCH3 is 1. The van der Waals surface area contributed by atoms with Crippen LogP contribution in [0, 0.1) is 50.4 Å². The number of rotatable bonds is 14. The lowest BCUT2D eigenvalue weighted by atomic mass is 9.80. The molecule has 0 saturated carbocycles. The van der Waals surface area contributed by atoms with Gasteiger partial charge >= 0.3 is 11.9 Å². The SMILES string of the molecule is C=Cc1c2[nH]c(c1C)/C=C1\NC(C3=c4[nH]c(c(C)c4=C(O)[C@@H]3C(=O)OC)/C=c3\[nH]/c(c(C)c3CC)=C\2)[C@@H](CCC(=O)OCC[C@H](C)CCC[C@H](C)CC)[C@@H]1C.